The molecule has 17 heavy (non-hydrogen) atoms. The molecule has 0 aliphatic rings. The van der Waals surface area contributed by atoms with Crippen LogP contribution in [0.1, 0.15) is 19.4 Å². The summed E-state index contributed by atoms with van der Waals surface area (Å²) in [6, 6.07) is 5.52. The van der Waals surface area contributed by atoms with Crippen LogP contribution in [0.5, 0.6) is 0 Å². The molecule has 0 spiro atoms. The Hall–Kier alpha value is -1.22. The lowest BCUT2D eigenvalue weighted by molar-refractivity contribution is -0.142. The first-order valence-corrected chi connectivity index (χ1v) is 6.02. The van der Waals surface area contributed by atoms with Gasteiger partial charge in [-0.1, -0.05) is 25.4 Å². The minimum atomic E-state index is -0.765. The summed E-state index contributed by atoms with van der Waals surface area (Å²) in [4.78, 5) is 11.0. The van der Waals surface area contributed by atoms with Crippen molar-refractivity contribution in [3.63, 3.8) is 0 Å². The smallest absolute Gasteiger partial charge is 0.308 e. The minimum absolute atomic E-state index is 0.104. The molecule has 0 bridgehead atoms. The Bertz CT molecular complexity index is 404. The van der Waals surface area contributed by atoms with Gasteiger partial charge < -0.3 is 10.4 Å². The van der Waals surface area contributed by atoms with Crippen molar-refractivity contribution >= 4 is 23.3 Å². The van der Waals surface area contributed by atoms with Crippen LogP contribution < -0.4 is 5.32 Å². The van der Waals surface area contributed by atoms with Crippen LogP contribution in [0.25, 0.3) is 0 Å². The molecule has 1 rings (SSSR count). The molecule has 2 N–H and O–H groups in total. The van der Waals surface area contributed by atoms with E-state index in [1.54, 1.807) is 6.07 Å². The van der Waals surface area contributed by atoms with Crippen molar-refractivity contribution in [2.45, 2.75) is 20.8 Å². The summed E-state index contributed by atoms with van der Waals surface area (Å²) in [5.74, 6) is -1.04. The lowest BCUT2D eigenvalue weighted by Crippen LogP contribution is -2.27. The van der Waals surface area contributed by atoms with Crippen molar-refractivity contribution in [1.29, 1.82) is 0 Å². The first-order valence-electron chi connectivity index (χ1n) is 5.64. The third-order valence-corrected chi connectivity index (χ3v) is 3.06. The maximum atomic E-state index is 11.0. The van der Waals surface area contributed by atoms with E-state index in [2.05, 4.69) is 5.32 Å². The second-order valence-electron chi connectivity index (χ2n) is 4.53. The molecule has 0 amide bonds. The normalized spacial score (nSPS) is 12.5. The maximum Gasteiger partial charge on any atom is 0.308 e. The average Bonchev–Trinajstić information content (AvgIpc) is 2.20. The highest BCUT2D eigenvalue weighted by molar-refractivity contribution is 6.30. The number of carbonyl (C=O) groups is 1. The van der Waals surface area contributed by atoms with Gasteiger partial charge in [0.25, 0.3) is 0 Å². The second-order valence-corrected chi connectivity index (χ2v) is 4.97. The van der Waals surface area contributed by atoms with Gasteiger partial charge in [-0.25, -0.2) is 0 Å². The summed E-state index contributed by atoms with van der Waals surface area (Å²) in [7, 11) is 0. The number of hydrogen-bond donors (Lipinski definition) is 2. The summed E-state index contributed by atoms with van der Waals surface area (Å²) in [5.41, 5.74) is 1.95. The first-order chi connectivity index (χ1) is 7.91. The molecular formula is C13H18ClNO2. The molecule has 94 valence electrons. The SMILES string of the molecule is Cc1cc(Cl)ccc1NCC(C(=O)O)C(C)C. The van der Waals surface area contributed by atoms with Gasteiger partial charge in [-0.2, -0.15) is 0 Å². The number of rotatable bonds is 5. The van der Waals surface area contributed by atoms with Crippen molar-refractivity contribution in [1.82, 2.24) is 0 Å². The van der Waals surface area contributed by atoms with Crippen LogP contribution >= 0.6 is 11.6 Å². The van der Waals surface area contributed by atoms with E-state index in [0.29, 0.717) is 11.6 Å². The molecule has 0 aliphatic heterocycles. The Kier molecular flexibility index (Phi) is 4.82. The fraction of sp³-hybridized carbons (Fsp3) is 0.462. The number of aryl methyl sites for hydroxylation is 1. The van der Waals surface area contributed by atoms with Crippen molar-refractivity contribution in [3.05, 3.63) is 28.8 Å². The number of aliphatic carboxylic acids is 1. The number of halogens is 1. The zero-order valence-electron chi connectivity index (χ0n) is 10.3. The predicted octanol–water partition coefficient (Wildman–Crippen LogP) is 3.42. The molecule has 0 saturated heterocycles. The molecule has 3 nitrogen and oxygen atoms in total. The Morgan fingerprint density at radius 3 is 2.59 bits per heavy atom. The Morgan fingerprint density at radius 2 is 2.12 bits per heavy atom. The zero-order chi connectivity index (χ0) is 13.0. The van der Waals surface area contributed by atoms with E-state index < -0.39 is 5.97 Å². The van der Waals surface area contributed by atoms with Gasteiger partial charge in [-0.3, -0.25) is 4.79 Å². The lowest BCUT2D eigenvalue weighted by Gasteiger charge is -2.18. The topological polar surface area (TPSA) is 49.3 Å². The van der Waals surface area contributed by atoms with Crippen molar-refractivity contribution in [2.75, 3.05) is 11.9 Å². The molecule has 0 radical (unpaired) electrons. The van der Waals surface area contributed by atoms with E-state index in [4.69, 9.17) is 16.7 Å². The fourth-order valence-electron chi connectivity index (χ4n) is 1.65. The van der Waals surface area contributed by atoms with E-state index in [9.17, 15) is 4.79 Å². The Morgan fingerprint density at radius 1 is 1.47 bits per heavy atom. The van der Waals surface area contributed by atoms with Crippen LogP contribution in [0.2, 0.25) is 5.02 Å². The van der Waals surface area contributed by atoms with Gasteiger partial charge >= 0.3 is 5.97 Å². The number of hydrogen-bond acceptors (Lipinski definition) is 2. The van der Waals surface area contributed by atoms with Gasteiger partial charge in [0.15, 0.2) is 0 Å². The van der Waals surface area contributed by atoms with E-state index in [-0.39, 0.29) is 11.8 Å². The standard InChI is InChI=1S/C13H18ClNO2/c1-8(2)11(13(16)17)7-15-12-5-4-10(14)6-9(12)3/h4-6,8,11,15H,7H2,1-3H3,(H,16,17). The molecule has 4 heteroatoms. The highest BCUT2D eigenvalue weighted by Gasteiger charge is 2.21. The highest BCUT2D eigenvalue weighted by Crippen LogP contribution is 2.21. The molecule has 1 aromatic carbocycles. The summed E-state index contributed by atoms with van der Waals surface area (Å²) < 4.78 is 0. The van der Waals surface area contributed by atoms with Crippen LogP contribution in [0.3, 0.4) is 0 Å². The number of anilines is 1. The van der Waals surface area contributed by atoms with Gasteiger partial charge in [0.05, 0.1) is 5.92 Å². The highest BCUT2D eigenvalue weighted by atomic mass is 35.5. The Labute approximate surface area is 107 Å². The van der Waals surface area contributed by atoms with E-state index in [1.165, 1.54) is 0 Å². The first kappa shape index (κ1) is 13.8. The summed E-state index contributed by atoms with van der Waals surface area (Å²) in [5, 5.41) is 12.9. The largest absolute Gasteiger partial charge is 0.481 e. The molecule has 0 aromatic heterocycles. The summed E-state index contributed by atoms with van der Waals surface area (Å²) in [6.07, 6.45) is 0. The monoisotopic (exact) mass is 255 g/mol. The maximum absolute atomic E-state index is 11.0. The lowest BCUT2D eigenvalue weighted by atomic mass is 9.96. The van der Waals surface area contributed by atoms with E-state index in [1.807, 2.05) is 32.9 Å². The van der Waals surface area contributed by atoms with Gasteiger partial charge in [0.1, 0.15) is 0 Å². The average molecular weight is 256 g/mol. The fourth-order valence-corrected chi connectivity index (χ4v) is 1.88. The number of nitrogens with one attached hydrogen (secondary N) is 1. The molecule has 1 unspecified atom stereocenters. The zero-order valence-corrected chi connectivity index (χ0v) is 11.1. The van der Waals surface area contributed by atoms with Gasteiger partial charge in [-0.15, -0.1) is 0 Å². The van der Waals surface area contributed by atoms with Crippen LogP contribution in [-0.2, 0) is 4.79 Å². The van der Waals surface area contributed by atoms with Crippen LogP contribution in [0.15, 0.2) is 18.2 Å². The van der Waals surface area contributed by atoms with Crippen LogP contribution in [0, 0.1) is 18.8 Å². The summed E-state index contributed by atoms with van der Waals surface area (Å²) in [6.45, 7) is 6.19. The molecular weight excluding hydrogens is 238 g/mol. The Balaban J connectivity index is 2.69. The van der Waals surface area contributed by atoms with Crippen LogP contribution in [0.4, 0.5) is 5.69 Å². The predicted molar refractivity (Wildman–Crippen MR) is 70.6 cm³/mol. The van der Waals surface area contributed by atoms with E-state index >= 15 is 0 Å². The molecule has 0 saturated carbocycles. The van der Waals surface area contributed by atoms with Crippen molar-refractivity contribution in [2.24, 2.45) is 11.8 Å². The third-order valence-electron chi connectivity index (χ3n) is 2.82. The quantitative estimate of drug-likeness (QED) is 0.848. The molecule has 0 heterocycles. The second kappa shape index (κ2) is 5.92. The van der Waals surface area contributed by atoms with Gasteiger partial charge in [0.2, 0.25) is 0 Å². The number of carboxylic acid groups (broad SMARTS) is 1. The van der Waals surface area contributed by atoms with Gasteiger partial charge in [-0.05, 0) is 36.6 Å². The third kappa shape index (κ3) is 3.93. The van der Waals surface area contributed by atoms with Gasteiger partial charge in [0, 0.05) is 17.3 Å². The molecule has 0 aliphatic carbocycles. The van der Waals surface area contributed by atoms with Crippen molar-refractivity contribution < 1.29 is 9.90 Å². The van der Waals surface area contributed by atoms with Crippen molar-refractivity contribution in [3.8, 4) is 0 Å². The molecule has 1 aromatic rings. The van der Waals surface area contributed by atoms with Crippen LogP contribution in [-0.4, -0.2) is 17.6 Å². The molecule has 0 fully saturated rings. The summed E-state index contributed by atoms with van der Waals surface area (Å²) >= 11 is 5.86. The van der Waals surface area contributed by atoms with E-state index in [0.717, 1.165) is 11.3 Å². The molecule has 1 atom stereocenters. The minimum Gasteiger partial charge on any atom is -0.481 e. The number of carboxylic acids is 1. The number of benzene rings is 1.